The number of thioether (sulfide) groups is 1. The van der Waals surface area contributed by atoms with Crippen LogP contribution in [0.1, 0.15) is 28.4 Å². The second-order valence-corrected chi connectivity index (χ2v) is 9.66. The van der Waals surface area contributed by atoms with Crippen molar-refractivity contribution >= 4 is 46.4 Å². The molecular formula is C23H26N2O3S2. The van der Waals surface area contributed by atoms with Crippen LogP contribution in [0.3, 0.4) is 0 Å². The number of hydrogen-bond donors (Lipinski definition) is 0. The smallest absolute Gasteiger partial charge is 0.334 e. The molecule has 3 atom stereocenters. The zero-order valence-electron chi connectivity index (χ0n) is 17.8. The van der Waals surface area contributed by atoms with E-state index in [4.69, 9.17) is 4.74 Å². The molecule has 1 aromatic heterocycles. The van der Waals surface area contributed by atoms with E-state index in [0.29, 0.717) is 12.0 Å². The fourth-order valence-electron chi connectivity index (χ4n) is 4.90. The third-order valence-corrected chi connectivity index (χ3v) is 8.08. The predicted octanol–water partition coefficient (Wildman–Crippen LogP) is 4.40. The zero-order chi connectivity index (χ0) is 21.6. The number of Topliss-reactive ketones (excluding diaryl/α,β-unsaturated/α-hetero) is 1. The summed E-state index contributed by atoms with van der Waals surface area (Å²) in [6, 6.07) is 8.07. The van der Waals surface area contributed by atoms with Gasteiger partial charge >= 0.3 is 5.97 Å². The molecular weight excluding hydrogens is 416 g/mol. The number of methoxy groups -OCH3 is 1. The molecule has 0 aliphatic heterocycles. The highest BCUT2D eigenvalue weighted by Crippen LogP contribution is 2.52. The Balaban J connectivity index is 2.05. The predicted molar refractivity (Wildman–Crippen MR) is 125 cm³/mol. The summed E-state index contributed by atoms with van der Waals surface area (Å²) in [7, 11) is 5.35. The van der Waals surface area contributed by atoms with Crippen LogP contribution < -0.4 is 0 Å². The van der Waals surface area contributed by atoms with E-state index >= 15 is 0 Å². The SMILES string of the molecule is COC(=O)C1=C/C(=C/N(C)SC)[C@@H]2CC(=O)c3c(c4ccccc4n3C)[C@H]1[C@H]2SC. The van der Waals surface area contributed by atoms with Crippen LogP contribution in [0.2, 0.25) is 0 Å². The van der Waals surface area contributed by atoms with Gasteiger partial charge in [0.25, 0.3) is 0 Å². The topological polar surface area (TPSA) is 51.5 Å². The highest BCUT2D eigenvalue weighted by Gasteiger charge is 2.47. The second-order valence-electron chi connectivity index (χ2n) is 7.70. The summed E-state index contributed by atoms with van der Waals surface area (Å²) < 4.78 is 9.21. The Morgan fingerprint density at radius 1 is 1.30 bits per heavy atom. The lowest BCUT2D eigenvalue weighted by atomic mass is 9.75. The number of fused-ring (bicyclic) bond motifs is 6. The fraction of sp³-hybridized carbons (Fsp3) is 0.391. The molecule has 1 heterocycles. The summed E-state index contributed by atoms with van der Waals surface area (Å²) in [4.78, 5) is 26.5. The number of hydrogen-bond acceptors (Lipinski definition) is 6. The van der Waals surface area contributed by atoms with E-state index in [1.807, 2.05) is 59.7 Å². The van der Waals surface area contributed by atoms with E-state index in [1.54, 1.807) is 23.7 Å². The normalized spacial score (nSPS) is 24.4. The van der Waals surface area contributed by atoms with Crippen LogP contribution in [0.15, 0.2) is 47.7 Å². The van der Waals surface area contributed by atoms with E-state index in [2.05, 4.69) is 12.3 Å². The van der Waals surface area contributed by atoms with Gasteiger partial charge in [-0.1, -0.05) is 30.1 Å². The Bertz CT molecular complexity index is 1090. The van der Waals surface area contributed by atoms with Crippen LogP contribution in [-0.4, -0.2) is 52.5 Å². The van der Waals surface area contributed by atoms with Crippen molar-refractivity contribution in [2.45, 2.75) is 17.6 Å². The number of para-hydroxylation sites is 1. The molecule has 4 rings (SSSR count). The molecule has 2 bridgehead atoms. The average Bonchev–Trinajstić information content (AvgIpc) is 3.00. The summed E-state index contributed by atoms with van der Waals surface area (Å²) >= 11 is 3.32. The molecule has 0 fully saturated rings. The van der Waals surface area contributed by atoms with E-state index < -0.39 is 0 Å². The van der Waals surface area contributed by atoms with Crippen molar-refractivity contribution in [3.63, 3.8) is 0 Å². The summed E-state index contributed by atoms with van der Waals surface area (Å²) in [5.74, 6) is -0.357. The summed E-state index contributed by atoms with van der Waals surface area (Å²) in [6.45, 7) is 0. The number of rotatable bonds is 4. The Morgan fingerprint density at radius 3 is 2.70 bits per heavy atom. The van der Waals surface area contributed by atoms with Gasteiger partial charge < -0.3 is 13.6 Å². The van der Waals surface area contributed by atoms with Gasteiger partial charge in [0.2, 0.25) is 0 Å². The first-order valence-electron chi connectivity index (χ1n) is 9.84. The Hall–Kier alpha value is -2.12. The largest absolute Gasteiger partial charge is 0.466 e. The van der Waals surface area contributed by atoms with Gasteiger partial charge in [0, 0.05) is 66.5 Å². The molecule has 2 aromatic rings. The van der Waals surface area contributed by atoms with Crippen molar-refractivity contribution in [1.29, 1.82) is 0 Å². The summed E-state index contributed by atoms with van der Waals surface area (Å²) in [5, 5.41) is 1.11. The molecule has 2 aliphatic rings. The third-order valence-electron chi connectivity index (χ3n) is 6.25. The van der Waals surface area contributed by atoms with Crippen molar-refractivity contribution in [1.82, 2.24) is 8.87 Å². The van der Waals surface area contributed by atoms with Gasteiger partial charge in [-0.05, 0) is 29.5 Å². The minimum atomic E-state index is -0.330. The first-order chi connectivity index (χ1) is 14.4. The standard InChI is InChI=1S/C23H26N2O3S2/c1-24(30-5)12-13-10-16(23(27)28-3)20-19-14-8-6-7-9-17(14)25(2)21(19)18(26)11-15(13)22(20)29-4/h6-10,12,15,20,22H,11H2,1-5H3/b13-12-/t15-,20-,22-/m0/s1. The van der Waals surface area contributed by atoms with Crippen molar-refractivity contribution < 1.29 is 14.3 Å². The summed E-state index contributed by atoms with van der Waals surface area (Å²) in [5.41, 5.74) is 4.34. The van der Waals surface area contributed by atoms with E-state index in [0.717, 1.165) is 27.7 Å². The molecule has 0 saturated heterocycles. The van der Waals surface area contributed by atoms with E-state index in [9.17, 15) is 9.59 Å². The second kappa shape index (κ2) is 8.19. The Labute approximate surface area is 185 Å². The maximum Gasteiger partial charge on any atom is 0.334 e. The molecule has 2 aliphatic carbocycles. The molecule has 158 valence electrons. The number of benzene rings is 1. The maximum atomic E-state index is 13.5. The number of ketones is 1. The number of carbonyl (C=O) groups is 2. The van der Waals surface area contributed by atoms with Crippen LogP contribution in [0.4, 0.5) is 0 Å². The molecule has 0 unspecified atom stereocenters. The molecule has 0 N–H and O–H groups in total. The number of carbonyl (C=O) groups excluding carboxylic acids is 2. The lowest BCUT2D eigenvalue weighted by Gasteiger charge is -2.37. The molecule has 7 heteroatoms. The van der Waals surface area contributed by atoms with Gasteiger partial charge in [-0.15, -0.1) is 0 Å². The quantitative estimate of drug-likeness (QED) is 0.517. The van der Waals surface area contributed by atoms with Crippen LogP contribution in [0.5, 0.6) is 0 Å². The van der Waals surface area contributed by atoms with Gasteiger partial charge in [0.1, 0.15) is 0 Å². The van der Waals surface area contributed by atoms with Crippen molar-refractivity contribution in [2.75, 3.05) is 26.7 Å². The number of aromatic nitrogens is 1. The number of allylic oxidation sites excluding steroid dienone is 2. The first-order valence-corrected chi connectivity index (χ1v) is 12.3. The summed E-state index contributed by atoms with van der Waals surface area (Å²) in [6.07, 6.45) is 8.50. The van der Waals surface area contributed by atoms with Gasteiger partial charge in [0.05, 0.1) is 12.8 Å². The highest BCUT2D eigenvalue weighted by molar-refractivity contribution is 7.99. The number of aryl methyl sites for hydroxylation is 1. The van der Waals surface area contributed by atoms with Crippen LogP contribution in [0, 0.1) is 5.92 Å². The average molecular weight is 443 g/mol. The Kier molecular flexibility index (Phi) is 5.77. The van der Waals surface area contributed by atoms with Gasteiger partial charge in [0.15, 0.2) is 5.78 Å². The third kappa shape index (κ3) is 3.19. The number of ether oxygens (including phenoxy) is 1. The van der Waals surface area contributed by atoms with E-state index in [1.165, 1.54) is 7.11 Å². The minimum Gasteiger partial charge on any atom is -0.466 e. The lowest BCUT2D eigenvalue weighted by molar-refractivity contribution is -0.136. The fourth-order valence-corrected chi connectivity index (χ4v) is 6.26. The molecule has 0 spiro atoms. The zero-order valence-corrected chi connectivity index (χ0v) is 19.5. The van der Waals surface area contributed by atoms with Crippen LogP contribution in [-0.2, 0) is 16.6 Å². The monoisotopic (exact) mass is 442 g/mol. The first kappa shape index (κ1) is 21.1. The molecule has 1 aromatic carbocycles. The number of esters is 1. The maximum absolute atomic E-state index is 13.5. The van der Waals surface area contributed by atoms with Gasteiger partial charge in [-0.25, -0.2) is 4.79 Å². The van der Waals surface area contributed by atoms with Crippen molar-refractivity contribution in [3.8, 4) is 0 Å². The van der Waals surface area contributed by atoms with Crippen molar-refractivity contribution in [3.05, 3.63) is 58.9 Å². The van der Waals surface area contributed by atoms with Crippen molar-refractivity contribution in [2.24, 2.45) is 13.0 Å². The van der Waals surface area contributed by atoms with Crippen LogP contribution in [0.25, 0.3) is 10.9 Å². The Morgan fingerprint density at radius 2 is 2.03 bits per heavy atom. The minimum absolute atomic E-state index is 0.0340. The number of nitrogens with zero attached hydrogens (tertiary/aromatic N) is 2. The van der Waals surface area contributed by atoms with Gasteiger partial charge in [-0.3, -0.25) is 4.79 Å². The van der Waals surface area contributed by atoms with E-state index in [-0.39, 0.29) is 28.8 Å². The molecule has 0 radical (unpaired) electrons. The molecule has 0 amide bonds. The van der Waals surface area contributed by atoms with Gasteiger partial charge in [-0.2, -0.15) is 11.8 Å². The van der Waals surface area contributed by atoms with Crippen LogP contribution >= 0.6 is 23.7 Å². The lowest BCUT2D eigenvalue weighted by Crippen LogP contribution is -2.33. The molecule has 5 nitrogen and oxygen atoms in total. The molecule has 0 saturated carbocycles. The highest BCUT2D eigenvalue weighted by atomic mass is 32.2. The molecule has 30 heavy (non-hydrogen) atoms.